The van der Waals surface area contributed by atoms with Crippen LogP contribution in [0.4, 0.5) is 0 Å². The molecule has 5 aliphatic rings. The molecule has 0 aromatic heterocycles. The summed E-state index contributed by atoms with van der Waals surface area (Å²) in [5.74, 6) is 1.15. The third kappa shape index (κ3) is 3.07. The number of benzene rings is 3. The van der Waals surface area contributed by atoms with Crippen LogP contribution in [-0.4, -0.2) is 0 Å². The summed E-state index contributed by atoms with van der Waals surface area (Å²) in [6, 6.07) is 22.7. The van der Waals surface area contributed by atoms with Gasteiger partial charge in [-0.3, -0.25) is 0 Å². The summed E-state index contributed by atoms with van der Waals surface area (Å²) in [5.41, 5.74) is 14.5. The predicted molar refractivity (Wildman–Crippen MR) is 166 cm³/mol. The van der Waals surface area contributed by atoms with Crippen molar-refractivity contribution in [1.29, 1.82) is 0 Å². The van der Waals surface area contributed by atoms with Gasteiger partial charge in [-0.2, -0.15) is 0 Å². The fourth-order valence-corrected chi connectivity index (χ4v) is 8.90. The third-order valence-electron chi connectivity index (χ3n) is 11.2. The Hall–Kier alpha value is -3.38. The monoisotopic (exact) mass is 506 g/mol. The first-order chi connectivity index (χ1) is 18.8. The Morgan fingerprint density at radius 3 is 2.21 bits per heavy atom. The van der Waals surface area contributed by atoms with E-state index in [4.69, 9.17) is 0 Å². The van der Waals surface area contributed by atoms with Gasteiger partial charge in [-0.25, -0.2) is 0 Å². The van der Waals surface area contributed by atoms with Crippen LogP contribution in [0.1, 0.15) is 71.4 Å². The first-order valence-corrected chi connectivity index (χ1v) is 14.9. The zero-order valence-corrected chi connectivity index (χ0v) is 24.0. The van der Waals surface area contributed by atoms with Crippen LogP contribution in [0, 0.1) is 17.3 Å². The molecule has 194 valence electrons. The molecule has 0 heteroatoms. The highest BCUT2D eigenvalue weighted by molar-refractivity contribution is 5.94. The molecule has 0 nitrogen and oxygen atoms in total. The van der Waals surface area contributed by atoms with Gasteiger partial charge in [0.2, 0.25) is 0 Å². The third-order valence-corrected chi connectivity index (χ3v) is 11.2. The van der Waals surface area contributed by atoms with Gasteiger partial charge >= 0.3 is 0 Å². The molecule has 2 unspecified atom stereocenters. The van der Waals surface area contributed by atoms with Crippen LogP contribution < -0.4 is 10.4 Å². The second-order valence-electron chi connectivity index (χ2n) is 13.8. The molecular weight excluding hydrogens is 468 g/mol. The van der Waals surface area contributed by atoms with Crippen LogP contribution >= 0.6 is 0 Å². The Labute approximate surface area is 232 Å². The maximum absolute atomic E-state index is 2.65. The summed E-state index contributed by atoms with van der Waals surface area (Å²) in [4.78, 5) is 0. The van der Waals surface area contributed by atoms with Crippen LogP contribution in [0.5, 0.6) is 0 Å². The lowest BCUT2D eigenvalue weighted by molar-refractivity contribution is 0.353. The summed E-state index contributed by atoms with van der Waals surface area (Å²) >= 11 is 0. The van der Waals surface area contributed by atoms with Crippen LogP contribution in [-0.2, 0) is 5.41 Å². The molecule has 8 rings (SSSR count). The lowest BCUT2D eigenvalue weighted by Gasteiger charge is -2.44. The molecular formula is C39H38. The van der Waals surface area contributed by atoms with Crippen molar-refractivity contribution in [3.05, 3.63) is 123 Å². The summed E-state index contributed by atoms with van der Waals surface area (Å²) in [5, 5.41) is 5.82. The van der Waals surface area contributed by atoms with Crippen LogP contribution in [0.25, 0.3) is 27.5 Å². The van der Waals surface area contributed by atoms with E-state index < -0.39 is 0 Å². The molecule has 0 amide bonds. The van der Waals surface area contributed by atoms with Crippen molar-refractivity contribution in [3.63, 3.8) is 0 Å². The summed E-state index contributed by atoms with van der Waals surface area (Å²) in [6.07, 6.45) is 12.1. The normalized spacial score (nSPS) is 25.8. The SMILES string of the molecule is CC1=c2cccc3c2=C2C4=C(C=C(C5=CC=C(c6cccc7ccccc67)CC5)CC4C3(C)C)C(C)(C)C2C1. The fraction of sp³-hybridized carbons (Fsp3) is 0.333. The first kappa shape index (κ1) is 23.5. The van der Waals surface area contributed by atoms with E-state index in [-0.39, 0.29) is 10.8 Å². The number of rotatable bonds is 2. The average Bonchev–Trinajstić information content (AvgIpc) is 3.18. The standard InChI is InChI=1S/C39H38/c1-23-20-32-37-35-28(23)13-9-15-31(35)38(2,3)33-21-27(22-34(36(33)37)39(32,4)5)24-16-18-26(19-17-24)30-14-8-11-25-10-6-7-12-29(25)30/h6-16,18,22,32-33H,17,19-21H2,1-5H3. The van der Waals surface area contributed by atoms with Crippen molar-refractivity contribution in [2.75, 3.05) is 0 Å². The minimum absolute atomic E-state index is 0.122. The number of hydrogen-bond acceptors (Lipinski definition) is 0. The molecule has 0 fully saturated rings. The van der Waals surface area contributed by atoms with Crippen molar-refractivity contribution in [3.8, 4) is 0 Å². The fourth-order valence-electron chi connectivity index (χ4n) is 8.90. The topological polar surface area (TPSA) is 0 Å². The van der Waals surface area contributed by atoms with Gasteiger partial charge < -0.3 is 0 Å². The summed E-state index contributed by atoms with van der Waals surface area (Å²) in [6.45, 7) is 12.5. The zero-order chi connectivity index (χ0) is 26.7. The van der Waals surface area contributed by atoms with Gasteiger partial charge in [0.15, 0.2) is 0 Å². The maximum atomic E-state index is 2.65. The molecule has 0 N–H and O–H groups in total. The zero-order valence-electron chi connectivity index (χ0n) is 24.0. The van der Waals surface area contributed by atoms with E-state index in [1.54, 1.807) is 44.2 Å². The van der Waals surface area contributed by atoms with Crippen molar-refractivity contribution in [1.82, 2.24) is 0 Å². The highest BCUT2D eigenvalue weighted by Gasteiger charge is 2.54. The van der Waals surface area contributed by atoms with E-state index >= 15 is 0 Å². The molecule has 0 saturated heterocycles. The van der Waals surface area contributed by atoms with Crippen molar-refractivity contribution < 1.29 is 0 Å². The van der Waals surface area contributed by atoms with Gasteiger partial charge in [-0.15, -0.1) is 0 Å². The van der Waals surface area contributed by atoms with Crippen molar-refractivity contribution in [2.24, 2.45) is 17.3 Å². The minimum atomic E-state index is 0.122. The second kappa shape index (κ2) is 7.85. The van der Waals surface area contributed by atoms with E-state index in [0.717, 1.165) is 19.3 Å². The van der Waals surface area contributed by atoms with Crippen LogP contribution in [0.3, 0.4) is 0 Å². The molecule has 0 heterocycles. The van der Waals surface area contributed by atoms with E-state index in [1.165, 1.54) is 33.5 Å². The van der Waals surface area contributed by atoms with Crippen LogP contribution in [0.2, 0.25) is 0 Å². The maximum Gasteiger partial charge on any atom is -0.00233 e. The minimum Gasteiger partial charge on any atom is -0.0648 e. The highest BCUT2D eigenvalue weighted by atomic mass is 14.6. The lowest BCUT2D eigenvalue weighted by Crippen LogP contribution is -2.49. The molecule has 0 bridgehead atoms. The van der Waals surface area contributed by atoms with Gasteiger partial charge in [0.05, 0.1) is 0 Å². The Morgan fingerprint density at radius 1 is 0.667 bits per heavy atom. The first-order valence-electron chi connectivity index (χ1n) is 14.9. The number of allylic oxidation sites excluding steroid dienone is 8. The van der Waals surface area contributed by atoms with Gasteiger partial charge in [-0.05, 0) is 121 Å². The Morgan fingerprint density at radius 2 is 1.38 bits per heavy atom. The van der Waals surface area contributed by atoms with E-state index in [2.05, 4.69) is 114 Å². The molecule has 2 atom stereocenters. The molecule has 0 radical (unpaired) electrons. The summed E-state index contributed by atoms with van der Waals surface area (Å²) in [7, 11) is 0. The molecule has 0 aliphatic heterocycles. The largest absolute Gasteiger partial charge is 0.0648 e. The molecule has 0 saturated carbocycles. The molecule has 5 aliphatic carbocycles. The summed E-state index contributed by atoms with van der Waals surface area (Å²) < 4.78 is 0. The van der Waals surface area contributed by atoms with E-state index in [9.17, 15) is 0 Å². The molecule has 0 spiro atoms. The van der Waals surface area contributed by atoms with Gasteiger partial charge in [-0.1, -0.05) is 112 Å². The Balaban J connectivity index is 1.28. The van der Waals surface area contributed by atoms with E-state index in [0.29, 0.717) is 11.8 Å². The molecule has 3 aromatic rings. The van der Waals surface area contributed by atoms with E-state index in [1.807, 2.05) is 0 Å². The quantitative estimate of drug-likeness (QED) is 0.327. The second-order valence-corrected chi connectivity index (χ2v) is 13.8. The predicted octanol–water partition coefficient (Wildman–Crippen LogP) is 8.56. The van der Waals surface area contributed by atoms with Crippen LogP contribution in [0.15, 0.2) is 101 Å². The number of hydrogen-bond donors (Lipinski definition) is 0. The van der Waals surface area contributed by atoms with Crippen molar-refractivity contribution in [2.45, 2.75) is 65.7 Å². The number of fused-ring (bicyclic) bond motifs is 1. The highest BCUT2D eigenvalue weighted by Crippen LogP contribution is 2.63. The smallest absolute Gasteiger partial charge is 0.00233 e. The van der Waals surface area contributed by atoms with Crippen molar-refractivity contribution >= 4 is 27.5 Å². The Kier molecular flexibility index (Phi) is 4.73. The molecule has 3 aromatic carbocycles. The van der Waals surface area contributed by atoms with Gasteiger partial charge in [0, 0.05) is 0 Å². The van der Waals surface area contributed by atoms with Gasteiger partial charge in [0.25, 0.3) is 0 Å². The Bertz CT molecular complexity index is 1850. The average molecular weight is 507 g/mol. The molecule has 39 heavy (non-hydrogen) atoms. The lowest BCUT2D eigenvalue weighted by atomic mass is 9.59. The van der Waals surface area contributed by atoms with Gasteiger partial charge in [0.1, 0.15) is 0 Å².